The van der Waals surface area contributed by atoms with Crippen molar-refractivity contribution in [1.29, 1.82) is 0 Å². The second kappa shape index (κ2) is 9.01. The third-order valence-corrected chi connectivity index (χ3v) is 5.34. The van der Waals surface area contributed by atoms with Gasteiger partial charge in [-0.3, -0.25) is 19.3 Å². The number of nitrogens with one attached hydrogen (secondary N) is 1. The van der Waals surface area contributed by atoms with Gasteiger partial charge in [0.2, 0.25) is 0 Å². The highest BCUT2D eigenvalue weighted by atomic mass is 19.1. The topological polar surface area (TPSA) is 75.7 Å². The van der Waals surface area contributed by atoms with Gasteiger partial charge < -0.3 is 10.1 Å². The van der Waals surface area contributed by atoms with Gasteiger partial charge >= 0.3 is 0 Å². The fourth-order valence-corrected chi connectivity index (χ4v) is 3.66. The normalized spacial score (nSPS) is 12.6. The van der Waals surface area contributed by atoms with Crippen molar-refractivity contribution in [2.75, 3.05) is 13.7 Å². The molecule has 3 aromatic carbocycles. The fraction of sp³-hybridized carbons (Fsp3) is 0.160. The molecule has 4 rings (SSSR count). The van der Waals surface area contributed by atoms with Crippen LogP contribution in [0.25, 0.3) is 0 Å². The third-order valence-electron chi connectivity index (χ3n) is 5.34. The molecule has 1 N–H and O–H groups in total. The van der Waals surface area contributed by atoms with Crippen LogP contribution in [-0.4, -0.2) is 36.3 Å². The van der Waals surface area contributed by atoms with E-state index < -0.39 is 0 Å². The van der Waals surface area contributed by atoms with Gasteiger partial charge in [-0.1, -0.05) is 30.3 Å². The van der Waals surface area contributed by atoms with Gasteiger partial charge in [0.15, 0.2) is 0 Å². The predicted molar refractivity (Wildman–Crippen MR) is 116 cm³/mol. The zero-order valence-corrected chi connectivity index (χ0v) is 17.4. The molecular weight excluding hydrogens is 411 g/mol. The second-order valence-corrected chi connectivity index (χ2v) is 7.41. The smallest absolute Gasteiger partial charge is 0.261 e. The van der Waals surface area contributed by atoms with Crippen LogP contribution in [0.15, 0.2) is 66.7 Å². The quantitative estimate of drug-likeness (QED) is 0.579. The van der Waals surface area contributed by atoms with E-state index >= 15 is 0 Å². The number of amides is 3. The number of carbonyl (C=O) groups excluding carboxylic acids is 3. The maximum absolute atomic E-state index is 13.0. The number of ether oxygens (including phenoxy) is 1. The summed E-state index contributed by atoms with van der Waals surface area (Å²) in [6.45, 7) is 0.405. The number of benzene rings is 3. The molecule has 0 radical (unpaired) electrons. The Morgan fingerprint density at radius 3 is 2.19 bits per heavy atom. The lowest BCUT2D eigenvalue weighted by Gasteiger charge is -2.16. The van der Waals surface area contributed by atoms with Crippen LogP contribution in [0, 0.1) is 5.82 Å². The molecule has 0 saturated heterocycles. The number of rotatable bonds is 7. The van der Waals surface area contributed by atoms with E-state index in [9.17, 15) is 18.8 Å². The maximum Gasteiger partial charge on any atom is 0.261 e. The molecule has 0 saturated carbocycles. The SMILES string of the molecule is COc1ccc(CN2C(=O)c3ccccc3C2=O)cc1C(=O)NCCc1ccc(F)cc1. The van der Waals surface area contributed by atoms with Gasteiger partial charge in [-0.15, -0.1) is 0 Å². The van der Waals surface area contributed by atoms with Crippen LogP contribution in [0.3, 0.4) is 0 Å². The molecule has 0 spiro atoms. The Kier molecular flexibility index (Phi) is 5.98. The van der Waals surface area contributed by atoms with Gasteiger partial charge in [0.05, 0.1) is 30.3 Å². The van der Waals surface area contributed by atoms with Gasteiger partial charge in [0.25, 0.3) is 17.7 Å². The van der Waals surface area contributed by atoms with Crippen LogP contribution in [0.2, 0.25) is 0 Å². The predicted octanol–water partition coefficient (Wildman–Crippen LogP) is 3.60. The van der Waals surface area contributed by atoms with Crippen molar-refractivity contribution in [3.05, 3.63) is 100 Å². The Hall–Kier alpha value is -4.00. The molecule has 6 nitrogen and oxygen atoms in total. The van der Waals surface area contributed by atoms with Gasteiger partial charge in [-0.05, 0) is 53.9 Å². The summed E-state index contributed by atoms with van der Waals surface area (Å²) in [7, 11) is 1.47. The van der Waals surface area contributed by atoms with E-state index in [2.05, 4.69) is 5.32 Å². The summed E-state index contributed by atoms with van der Waals surface area (Å²) in [6, 6.07) is 17.8. The first-order valence-corrected chi connectivity index (χ1v) is 10.1. The lowest BCUT2D eigenvalue weighted by Crippen LogP contribution is -2.29. The largest absolute Gasteiger partial charge is 0.496 e. The van der Waals surface area contributed by atoms with E-state index in [1.165, 1.54) is 24.1 Å². The summed E-state index contributed by atoms with van der Waals surface area (Å²) in [4.78, 5) is 39.2. The third kappa shape index (κ3) is 4.23. The summed E-state index contributed by atoms with van der Waals surface area (Å²) in [5, 5.41) is 2.83. The molecule has 3 aromatic rings. The highest BCUT2D eigenvalue weighted by molar-refractivity contribution is 6.21. The first-order chi connectivity index (χ1) is 15.5. The van der Waals surface area contributed by atoms with Crippen molar-refractivity contribution >= 4 is 17.7 Å². The number of hydrogen-bond donors (Lipinski definition) is 1. The van der Waals surface area contributed by atoms with Crippen molar-refractivity contribution < 1.29 is 23.5 Å². The zero-order chi connectivity index (χ0) is 22.7. The number of imide groups is 1. The molecule has 0 atom stereocenters. The first kappa shape index (κ1) is 21.2. The molecule has 1 aliphatic heterocycles. The van der Waals surface area contributed by atoms with Crippen molar-refractivity contribution in [1.82, 2.24) is 10.2 Å². The van der Waals surface area contributed by atoms with Gasteiger partial charge in [0, 0.05) is 6.54 Å². The lowest BCUT2D eigenvalue weighted by atomic mass is 10.1. The molecule has 32 heavy (non-hydrogen) atoms. The molecule has 162 valence electrons. The molecule has 3 amide bonds. The van der Waals surface area contributed by atoms with Crippen LogP contribution in [0.5, 0.6) is 5.75 Å². The number of halogens is 1. The number of methoxy groups -OCH3 is 1. The van der Waals surface area contributed by atoms with E-state index in [4.69, 9.17) is 4.74 Å². The van der Waals surface area contributed by atoms with Gasteiger partial charge in [-0.25, -0.2) is 4.39 Å². The number of carbonyl (C=O) groups is 3. The van der Waals surface area contributed by atoms with E-state index in [0.717, 1.165) is 5.56 Å². The summed E-state index contributed by atoms with van der Waals surface area (Å²) >= 11 is 0. The van der Waals surface area contributed by atoms with Gasteiger partial charge in [0.1, 0.15) is 11.6 Å². The van der Waals surface area contributed by atoms with Crippen molar-refractivity contribution in [2.24, 2.45) is 0 Å². The Morgan fingerprint density at radius 1 is 0.938 bits per heavy atom. The maximum atomic E-state index is 13.0. The van der Waals surface area contributed by atoms with Crippen LogP contribution >= 0.6 is 0 Å². The summed E-state index contributed by atoms with van der Waals surface area (Å²) < 4.78 is 18.3. The van der Waals surface area contributed by atoms with Crippen molar-refractivity contribution in [3.8, 4) is 5.75 Å². The molecular formula is C25H21FN2O4. The van der Waals surface area contributed by atoms with Crippen LogP contribution in [0.1, 0.15) is 42.2 Å². The lowest BCUT2D eigenvalue weighted by molar-refractivity contribution is 0.0642. The number of fused-ring (bicyclic) bond motifs is 1. The van der Waals surface area contributed by atoms with E-state index in [1.54, 1.807) is 54.6 Å². The number of hydrogen-bond acceptors (Lipinski definition) is 4. The molecule has 0 fully saturated rings. The molecule has 1 heterocycles. The number of nitrogens with zero attached hydrogens (tertiary/aromatic N) is 1. The fourth-order valence-electron chi connectivity index (χ4n) is 3.66. The summed E-state index contributed by atoms with van der Waals surface area (Å²) in [6.07, 6.45) is 0.545. The highest BCUT2D eigenvalue weighted by Crippen LogP contribution is 2.26. The highest BCUT2D eigenvalue weighted by Gasteiger charge is 2.35. The molecule has 0 aliphatic carbocycles. The minimum absolute atomic E-state index is 0.0478. The zero-order valence-electron chi connectivity index (χ0n) is 17.4. The van der Waals surface area contributed by atoms with Crippen LogP contribution < -0.4 is 10.1 Å². The molecule has 0 bridgehead atoms. The Balaban J connectivity index is 1.46. The average molecular weight is 432 g/mol. The molecule has 1 aliphatic rings. The Labute approximate surface area is 184 Å². The van der Waals surface area contributed by atoms with Crippen molar-refractivity contribution in [3.63, 3.8) is 0 Å². The summed E-state index contributed by atoms with van der Waals surface area (Å²) in [5.74, 6) is -0.973. The standard InChI is InChI=1S/C25H21FN2O4/c1-32-22-11-8-17(15-28-24(30)19-4-2-3-5-20(19)25(28)31)14-21(22)23(29)27-13-12-16-6-9-18(26)10-7-16/h2-11,14H,12-13,15H2,1H3,(H,27,29). The van der Waals surface area contributed by atoms with Crippen LogP contribution in [0.4, 0.5) is 4.39 Å². The first-order valence-electron chi connectivity index (χ1n) is 10.1. The van der Waals surface area contributed by atoms with E-state index in [0.29, 0.717) is 41.0 Å². The molecule has 7 heteroatoms. The average Bonchev–Trinajstić information content (AvgIpc) is 3.05. The van der Waals surface area contributed by atoms with E-state index in [1.807, 2.05) is 0 Å². The summed E-state index contributed by atoms with van der Waals surface area (Å²) in [5.41, 5.74) is 2.59. The monoisotopic (exact) mass is 432 g/mol. The minimum Gasteiger partial charge on any atom is -0.496 e. The minimum atomic E-state index is -0.355. The molecule has 0 unspecified atom stereocenters. The van der Waals surface area contributed by atoms with Crippen LogP contribution in [-0.2, 0) is 13.0 Å². The Bertz CT molecular complexity index is 1160. The molecule has 0 aromatic heterocycles. The van der Waals surface area contributed by atoms with Gasteiger partial charge in [-0.2, -0.15) is 0 Å². The second-order valence-electron chi connectivity index (χ2n) is 7.41. The van der Waals surface area contributed by atoms with E-state index in [-0.39, 0.29) is 30.1 Å². The Morgan fingerprint density at radius 2 is 1.56 bits per heavy atom. The van der Waals surface area contributed by atoms with Crippen molar-refractivity contribution in [2.45, 2.75) is 13.0 Å².